The van der Waals surface area contributed by atoms with Gasteiger partial charge in [-0.15, -0.1) is 0 Å². The third kappa shape index (κ3) is 5.95. The molecule has 0 aliphatic carbocycles. The molecule has 3 aromatic carbocycles. The summed E-state index contributed by atoms with van der Waals surface area (Å²) in [6.45, 7) is 3.40. The molecule has 0 radical (unpaired) electrons. The smallest absolute Gasteiger partial charge is 0.162 e. The molecule has 0 atom stereocenters. The minimum absolute atomic E-state index is 0.354. The summed E-state index contributed by atoms with van der Waals surface area (Å²) in [6, 6.07) is 16.9. The third-order valence-electron chi connectivity index (χ3n) is 4.16. The Morgan fingerprint density at radius 2 is 1.59 bits per heavy atom. The Labute approximate surface area is 194 Å². The number of hydrogen-bond donors (Lipinski definition) is 1. The van der Waals surface area contributed by atoms with Gasteiger partial charge in [-0.1, -0.05) is 68.9 Å². The van der Waals surface area contributed by atoms with E-state index in [1.807, 2.05) is 49.4 Å². The first kappa shape index (κ1) is 22.1. The van der Waals surface area contributed by atoms with Crippen LogP contribution in [0.2, 0.25) is 15.1 Å². The van der Waals surface area contributed by atoms with E-state index >= 15 is 0 Å². The summed E-state index contributed by atoms with van der Waals surface area (Å²) in [6.07, 6.45) is 0. The van der Waals surface area contributed by atoms with Crippen LogP contribution in [0.15, 0.2) is 59.1 Å². The van der Waals surface area contributed by atoms with Crippen molar-refractivity contribution in [2.45, 2.75) is 20.1 Å². The molecule has 0 fully saturated rings. The number of benzene rings is 3. The molecule has 0 amide bonds. The van der Waals surface area contributed by atoms with Gasteiger partial charge in [0.2, 0.25) is 0 Å². The van der Waals surface area contributed by atoms with Crippen molar-refractivity contribution in [1.29, 1.82) is 0 Å². The van der Waals surface area contributed by atoms with E-state index in [1.165, 1.54) is 0 Å². The Balaban J connectivity index is 1.76. The van der Waals surface area contributed by atoms with Gasteiger partial charge in [0.15, 0.2) is 11.5 Å². The van der Waals surface area contributed by atoms with Gasteiger partial charge in [-0.2, -0.15) is 0 Å². The quantitative estimate of drug-likeness (QED) is 0.330. The second-order valence-electron chi connectivity index (χ2n) is 6.19. The molecule has 0 aliphatic rings. The highest BCUT2D eigenvalue weighted by Gasteiger charge is 2.12. The van der Waals surface area contributed by atoms with Crippen molar-refractivity contribution in [3.8, 4) is 11.5 Å². The van der Waals surface area contributed by atoms with Crippen LogP contribution < -0.4 is 14.8 Å². The molecule has 7 heteroatoms. The number of hydrogen-bond acceptors (Lipinski definition) is 3. The van der Waals surface area contributed by atoms with Crippen LogP contribution in [0.3, 0.4) is 0 Å². The lowest BCUT2D eigenvalue weighted by Crippen LogP contribution is -2.04. The molecule has 0 spiro atoms. The molecule has 0 saturated carbocycles. The van der Waals surface area contributed by atoms with Gasteiger partial charge in [0.05, 0.1) is 16.7 Å². The summed E-state index contributed by atoms with van der Waals surface area (Å²) in [5, 5.41) is 5.04. The van der Waals surface area contributed by atoms with Gasteiger partial charge in [0, 0.05) is 27.3 Å². The van der Waals surface area contributed by atoms with Crippen molar-refractivity contribution in [3.05, 3.63) is 85.3 Å². The second kappa shape index (κ2) is 10.4. The first-order chi connectivity index (χ1) is 14.0. The van der Waals surface area contributed by atoms with E-state index in [0.717, 1.165) is 21.3 Å². The topological polar surface area (TPSA) is 30.5 Å². The molecule has 0 aromatic heterocycles. The van der Waals surface area contributed by atoms with Crippen LogP contribution in [-0.2, 0) is 13.2 Å². The summed E-state index contributed by atoms with van der Waals surface area (Å²) in [5.41, 5.74) is 2.81. The fourth-order valence-corrected chi connectivity index (χ4v) is 3.62. The van der Waals surface area contributed by atoms with Crippen LogP contribution in [0, 0.1) is 0 Å². The SMILES string of the molecule is CCOc1cc(CNc2ccc(Cl)c(Cl)c2)c(Br)cc1OCc1ccccc1Cl. The van der Waals surface area contributed by atoms with Gasteiger partial charge < -0.3 is 14.8 Å². The summed E-state index contributed by atoms with van der Waals surface area (Å²) >= 11 is 21.9. The standard InChI is InChI=1S/C22H19BrCl3NO2/c1-2-28-21-9-15(12-27-16-7-8-19(25)20(26)10-16)17(23)11-22(21)29-13-14-5-3-4-6-18(14)24/h3-11,27H,2,12-13H2,1H3. The minimum Gasteiger partial charge on any atom is -0.490 e. The molecule has 0 aliphatic heterocycles. The van der Waals surface area contributed by atoms with Gasteiger partial charge in [-0.05, 0) is 48.9 Å². The first-order valence-corrected chi connectivity index (χ1v) is 10.9. The van der Waals surface area contributed by atoms with E-state index in [0.29, 0.717) is 46.3 Å². The Bertz CT molecular complexity index is 998. The lowest BCUT2D eigenvalue weighted by atomic mass is 10.2. The number of rotatable bonds is 8. The molecule has 3 aromatic rings. The Hall–Kier alpha value is -1.59. The Morgan fingerprint density at radius 1 is 0.828 bits per heavy atom. The molecular formula is C22H19BrCl3NO2. The fourth-order valence-electron chi connectivity index (χ4n) is 2.67. The van der Waals surface area contributed by atoms with Crippen LogP contribution >= 0.6 is 50.7 Å². The molecular weight excluding hydrogens is 497 g/mol. The van der Waals surface area contributed by atoms with Crippen molar-refractivity contribution >= 4 is 56.4 Å². The van der Waals surface area contributed by atoms with Gasteiger partial charge >= 0.3 is 0 Å². The van der Waals surface area contributed by atoms with Gasteiger partial charge in [-0.3, -0.25) is 0 Å². The highest BCUT2D eigenvalue weighted by atomic mass is 79.9. The first-order valence-electron chi connectivity index (χ1n) is 8.98. The number of nitrogens with one attached hydrogen (secondary N) is 1. The largest absolute Gasteiger partial charge is 0.490 e. The zero-order valence-electron chi connectivity index (χ0n) is 15.6. The molecule has 0 unspecified atom stereocenters. The summed E-state index contributed by atoms with van der Waals surface area (Å²) in [5.74, 6) is 1.32. The Morgan fingerprint density at radius 3 is 2.31 bits per heavy atom. The van der Waals surface area contributed by atoms with Crippen LogP contribution in [0.1, 0.15) is 18.1 Å². The maximum atomic E-state index is 6.22. The maximum Gasteiger partial charge on any atom is 0.162 e. The molecule has 1 N–H and O–H groups in total. The molecule has 3 rings (SSSR count). The van der Waals surface area contributed by atoms with Crippen molar-refractivity contribution in [3.63, 3.8) is 0 Å². The van der Waals surface area contributed by atoms with Crippen molar-refractivity contribution in [2.75, 3.05) is 11.9 Å². The van der Waals surface area contributed by atoms with Gasteiger partial charge in [0.25, 0.3) is 0 Å². The molecule has 0 saturated heterocycles. The zero-order chi connectivity index (χ0) is 20.8. The van der Waals surface area contributed by atoms with E-state index in [-0.39, 0.29) is 0 Å². The van der Waals surface area contributed by atoms with E-state index in [4.69, 9.17) is 44.3 Å². The molecule has 0 bridgehead atoms. The number of ether oxygens (including phenoxy) is 2. The van der Waals surface area contributed by atoms with Crippen molar-refractivity contribution in [2.24, 2.45) is 0 Å². The predicted molar refractivity (Wildman–Crippen MR) is 125 cm³/mol. The van der Waals surface area contributed by atoms with E-state index in [2.05, 4.69) is 21.2 Å². The minimum atomic E-state index is 0.354. The average Bonchev–Trinajstić information content (AvgIpc) is 2.70. The summed E-state index contributed by atoms with van der Waals surface area (Å²) in [4.78, 5) is 0. The van der Waals surface area contributed by atoms with Crippen LogP contribution in [0.4, 0.5) is 5.69 Å². The third-order valence-corrected chi connectivity index (χ3v) is 6.00. The molecule has 0 heterocycles. The van der Waals surface area contributed by atoms with Crippen LogP contribution in [-0.4, -0.2) is 6.61 Å². The molecule has 3 nitrogen and oxygen atoms in total. The van der Waals surface area contributed by atoms with Crippen LogP contribution in [0.5, 0.6) is 11.5 Å². The average molecular weight is 516 g/mol. The lowest BCUT2D eigenvalue weighted by Gasteiger charge is -2.16. The highest BCUT2D eigenvalue weighted by molar-refractivity contribution is 9.10. The van der Waals surface area contributed by atoms with Gasteiger partial charge in [-0.25, -0.2) is 0 Å². The Kier molecular flexibility index (Phi) is 7.96. The molecule has 152 valence electrons. The fraction of sp³-hybridized carbons (Fsp3) is 0.182. The second-order valence-corrected chi connectivity index (χ2v) is 8.26. The maximum absolute atomic E-state index is 6.22. The zero-order valence-corrected chi connectivity index (χ0v) is 19.5. The summed E-state index contributed by atoms with van der Waals surface area (Å²) in [7, 11) is 0. The van der Waals surface area contributed by atoms with Crippen molar-refractivity contribution in [1.82, 2.24) is 0 Å². The molecule has 29 heavy (non-hydrogen) atoms. The number of anilines is 1. The van der Waals surface area contributed by atoms with E-state index in [9.17, 15) is 0 Å². The van der Waals surface area contributed by atoms with Crippen LogP contribution in [0.25, 0.3) is 0 Å². The lowest BCUT2D eigenvalue weighted by molar-refractivity contribution is 0.269. The normalized spacial score (nSPS) is 10.7. The van der Waals surface area contributed by atoms with E-state index in [1.54, 1.807) is 12.1 Å². The van der Waals surface area contributed by atoms with Gasteiger partial charge in [0.1, 0.15) is 6.61 Å². The van der Waals surface area contributed by atoms with Crippen molar-refractivity contribution < 1.29 is 9.47 Å². The number of halogens is 4. The monoisotopic (exact) mass is 513 g/mol. The van der Waals surface area contributed by atoms with E-state index < -0.39 is 0 Å². The summed E-state index contributed by atoms with van der Waals surface area (Å²) < 4.78 is 12.7. The predicted octanol–water partition coefficient (Wildman–Crippen LogP) is 8.00. The highest BCUT2D eigenvalue weighted by Crippen LogP contribution is 2.35.